The number of aliphatic hydroxyl groups is 1. The monoisotopic (exact) mass is 230 g/mol. The first kappa shape index (κ1) is 15.4. The van der Waals surface area contributed by atoms with Crippen LogP contribution < -0.4 is 0 Å². The summed E-state index contributed by atoms with van der Waals surface area (Å²) < 4.78 is 0. The van der Waals surface area contributed by atoms with Gasteiger partial charge in [-0.05, 0) is 25.2 Å². The predicted molar refractivity (Wildman–Crippen MR) is 65.4 cm³/mol. The second-order valence-corrected chi connectivity index (χ2v) is 4.73. The first-order valence-corrected chi connectivity index (χ1v) is 6.44. The van der Waals surface area contributed by atoms with Crippen LogP contribution in [0, 0.1) is 5.92 Å². The van der Waals surface area contributed by atoms with Gasteiger partial charge < -0.3 is 10.2 Å². The highest BCUT2D eigenvalue weighted by Crippen LogP contribution is 2.28. The van der Waals surface area contributed by atoms with Gasteiger partial charge in [-0.25, -0.2) is 4.79 Å². The first-order valence-electron chi connectivity index (χ1n) is 6.44. The maximum absolute atomic E-state index is 11.2. The summed E-state index contributed by atoms with van der Waals surface area (Å²) in [5, 5.41) is 19.3. The Labute approximate surface area is 98.9 Å². The number of hydrogen-bond acceptors (Lipinski definition) is 2. The van der Waals surface area contributed by atoms with Crippen LogP contribution in [0.15, 0.2) is 0 Å². The smallest absolute Gasteiger partial charge is 0.335 e. The van der Waals surface area contributed by atoms with Gasteiger partial charge in [0.1, 0.15) is 0 Å². The van der Waals surface area contributed by atoms with Crippen LogP contribution in [0.5, 0.6) is 0 Å². The summed E-state index contributed by atoms with van der Waals surface area (Å²) in [6.07, 6.45) is 6.08. The zero-order valence-electron chi connectivity index (χ0n) is 10.8. The van der Waals surface area contributed by atoms with Crippen molar-refractivity contribution in [1.29, 1.82) is 0 Å². The molecule has 0 fully saturated rings. The maximum atomic E-state index is 11.2. The minimum absolute atomic E-state index is 0.170. The molecule has 0 aliphatic heterocycles. The Morgan fingerprint density at radius 1 is 1.19 bits per heavy atom. The summed E-state index contributed by atoms with van der Waals surface area (Å²) in [5.41, 5.74) is -1.52. The van der Waals surface area contributed by atoms with Gasteiger partial charge in [-0.1, -0.05) is 46.5 Å². The molecule has 0 radical (unpaired) electrons. The second kappa shape index (κ2) is 7.66. The summed E-state index contributed by atoms with van der Waals surface area (Å²) in [4.78, 5) is 11.2. The van der Waals surface area contributed by atoms with Gasteiger partial charge in [-0.2, -0.15) is 0 Å². The van der Waals surface area contributed by atoms with E-state index in [2.05, 4.69) is 6.92 Å². The average Bonchev–Trinajstić information content (AvgIpc) is 2.24. The first-order chi connectivity index (χ1) is 7.49. The molecule has 2 N–H and O–H groups in total. The lowest BCUT2D eigenvalue weighted by Crippen LogP contribution is -2.44. The SMILES string of the molecule is CCCCCC[C@@](O)(C(=O)O)C(C)CCC. The van der Waals surface area contributed by atoms with Crippen LogP contribution in [-0.2, 0) is 4.79 Å². The van der Waals surface area contributed by atoms with Crippen LogP contribution in [-0.4, -0.2) is 21.8 Å². The molecule has 0 aromatic heterocycles. The molecule has 3 heteroatoms. The van der Waals surface area contributed by atoms with Crippen LogP contribution in [0.25, 0.3) is 0 Å². The molecule has 0 saturated heterocycles. The van der Waals surface area contributed by atoms with Gasteiger partial charge in [0.05, 0.1) is 0 Å². The van der Waals surface area contributed by atoms with Gasteiger partial charge in [0.15, 0.2) is 5.60 Å². The van der Waals surface area contributed by atoms with Gasteiger partial charge in [0.25, 0.3) is 0 Å². The summed E-state index contributed by atoms with van der Waals surface area (Å²) >= 11 is 0. The van der Waals surface area contributed by atoms with Crippen LogP contribution in [0.1, 0.15) is 65.7 Å². The highest BCUT2D eigenvalue weighted by atomic mass is 16.4. The quantitative estimate of drug-likeness (QED) is 0.598. The second-order valence-electron chi connectivity index (χ2n) is 4.73. The lowest BCUT2D eigenvalue weighted by atomic mass is 9.81. The Balaban J connectivity index is 4.27. The lowest BCUT2D eigenvalue weighted by Gasteiger charge is -2.30. The number of rotatable bonds is 9. The van der Waals surface area contributed by atoms with Crippen molar-refractivity contribution in [3.8, 4) is 0 Å². The number of carboxylic acids is 1. The summed E-state index contributed by atoms with van der Waals surface area (Å²) in [5.74, 6) is -1.23. The fourth-order valence-electron chi connectivity index (χ4n) is 2.06. The Morgan fingerprint density at radius 2 is 1.81 bits per heavy atom. The molecular weight excluding hydrogens is 204 g/mol. The third-order valence-electron chi connectivity index (χ3n) is 3.32. The summed E-state index contributed by atoms with van der Waals surface area (Å²) in [6.45, 7) is 5.95. The van der Waals surface area contributed by atoms with Crippen molar-refractivity contribution < 1.29 is 15.0 Å². The van der Waals surface area contributed by atoms with E-state index in [9.17, 15) is 9.90 Å². The molecule has 96 valence electrons. The number of aliphatic carboxylic acids is 1. The fraction of sp³-hybridized carbons (Fsp3) is 0.923. The van der Waals surface area contributed by atoms with Crippen molar-refractivity contribution in [3.05, 3.63) is 0 Å². The largest absolute Gasteiger partial charge is 0.479 e. The Kier molecular flexibility index (Phi) is 7.39. The van der Waals surface area contributed by atoms with E-state index in [1.54, 1.807) is 0 Å². The molecule has 0 aromatic rings. The molecule has 0 aliphatic carbocycles. The van der Waals surface area contributed by atoms with Gasteiger partial charge in [-0.3, -0.25) is 0 Å². The van der Waals surface area contributed by atoms with Crippen LogP contribution in [0.4, 0.5) is 0 Å². The minimum Gasteiger partial charge on any atom is -0.479 e. The zero-order chi connectivity index (χ0) is 12.6. The van der Waals surface area contributed by atoms with E-state index in [0.29, 0.717) is 6.42 Å². The van der Waals surface area contributed by atoms with Gasteiger partial charge in [0, 0.05) is 0 Å². The van der Waals surface area contributed by atoms with Crippen molar-refractivity contribution in [3.63, 3.8) is 0 Å². The normalized spacial score (nSPS) is 16.8. The van der Waals surface area contributed by atoms with Crippen molar-refractivity contribution in [2.45, 2.75) is 71.3 Å². The zero-order valence-corrected chi connectivity index (χ0v) is 10.8. The Bertz CT molecular complexity index is 203. The van der Waals surface area contributed by atoms with Gasteiger partial charge >= 0.3 is 5.97 Å². The van der Waals surface area contributed by atoms with E-state index in [1.807, 2.05) is 13.8 Å². The Morgan fingerprint density at radius 3 is 2.25 bits per heavy atom. The highest BCUT2D eigenvalue weighted by molar-refractivity contribution is 5.77. The molecule has 3 nitrogen and oxygen atoms in total. The van der Waals surface area contributed by atoms with Gasteiger partial charge in [0.2, 0.25) is 0 Å². The topological polar surface area (TPSA) is 57.5 Å². The number of hydrogen-bond donors (Lipinski definition) is 2. The molecule has 0 aromatic carbocycles. The van der Waals surface area contributed by atoms with E-state index < -0.39 is 11.6 Å². The summed E-state index contributed by atoms with van der Waals surface area (Å²) in [6, 6.07) is 0. The molecule has 2 atom stereocenters. The van der Waals surface area contributed by atoms with Gasteiger partial charge in [-0.15, -0.1) is 0 Å². The van der Waals surface area contributed by atoms with Crippen LogP contribution in [0.3, 0.4) is 0 Å². The van der Waals surface area contributed by atoms with E-state index in [1.165, 1.54) is 0 Å². The summed E-state index contributed by atoms with van der Waals surface area (Å²) in [7, 11) is 0. The molecule has 0 aliphatic rings. The molecule has 0 amide bonds. The average molecular weight is 230 g/mol. The molecule has 0 saturated carbocycles. The van der Waals surface area contributed by atoms with E-state index in [-0.39, 0.29) is 5.92 Å². The van der Waals surface area contributed by atoms with E-state index in [4.69, 9.17) is 5.11 Å². The number of carboxylic acid groups (broad SMARTS) is 1. The highest BCUT2D eigenvalue weighted by Gasteiger charge is 2.40. The standard InChI is InChI=1S/C13H26O3/c1-4-6-7-8-10-13(16,12(14)15)11(3)9-5-2/h11,16H,4-10H2,1-3H3,(H,14,15)/t11?,13-/m0/s1. The van der Waals surface area contributed by atoms with Crippen LogP contribution >= 0.6 is 0 Å². The minimum atomic E-state index is -1.52. The van der Waals surface area contributed by atoms with Crippen LogP contribution in [0.2, 0.25) is 0 Å². The Hall–Kier alpha value is -0.570. The van der Waals surface area contributed by atoms with E-state index in [0.717, 1.165) is 38.5 Å². The van der Waals surface area contributed by atoms with E-state index >= 15 is 0 Å². The van der Waals surface area contributed by atoms with Crippen molar-refractivity contribution in [2.75, 3.05) is 0 Å². The molecule has 0 spiro atoms. The molecular formula is C13H26O3. The third kappa shape index (κ3) is 4.52. The molecule has 0 heterocycles. The number of carbonyl (C=O) groups is 1. The number of unbranched alkanes of at least 4 members (excludes halogenated alkanes) is 3. The van der Waals surface area contributed by atoms with Crippen molar-refractivity contribution in [2.24, 2.45) is 5.92 Å². The predicted octanol–water partition coefficient (Wildman–Crippen LogP) is 3.21. The fourth-order valence-corrected chi connectivity index (χ4v) is 2.06. The van der Waals surface area contributed by atoms with Crippen molar-refractivity contribution in [1.82, 2.24) is 0 Å². The molecule has 16 heavy (non-hydrogen) atoms. The maximum Gasteiger partial charge on any atom is 0.335 e. The third-order valence-corrected chi connectivity index (χ3v) is 3.32. The lowest BCUT2D eigenvalue weighted by molar-refractivity contribution is -0.165. The molecule has 0 rings (SSSR count). The molecule has 0 bridgehead atoms. The molecule has 1 unspecified atom stereocenters. The van der Waals surface area contributed by atoms with Crippen molar-refractivity contribution >= 4 is 5.97 Å².